The van der Waals surface area contributed by atoms with E-state index in [-0.39, 0.29) is 5.82 Å². The van der Waals surface area contributed by atoms with E-state index in [2.05, 4.69) is 11.4 Å². The maximum Gasteiger partial charge on any atom is 0.124 e. The van der Waals surface area contributed by atoms with E-state index in [1.807, 2.05) is 25.1 Å². The van der Waals surface area contributed by atoms with E-state index >= 15 is 0 Å². The molecule has 0 amide bonds. The summed E-state index contributed by atoms with van der Waals surface area (Å²) in [4.78, 5) is 0. The zero-order chi connectivity index (χ0) is 16.3. The van der Waals surface area contributed by atoms with Crippen molar-refractivity contribution in [3.63, 3.8) is 0 Å². The maximum absolute atomic E-state index is 12.9. The molecule has 0 fully saturated rings. The Morgan fingerprint density at radius 3 is 2.61 bits per heavy atom. The molecule has 0 radical (unpaired) electrons. The topological polar surface area (TPSA) is 30.5 Å². The Bertz CT molecular complexity index is 572. The molecule has 2 aromatic carbocycles. The molecule has 1 N–H and O–H groups in total. The molecule has 2 aromatic rings. The largest absolute Gasteiger partial charge is 0.489 e. The van der Waals surface area contributed by atoms with Crippen LogP contribution < -0.4 is 10.1 Å². The van der Waals surface area contributed by atoms with Gasteiger partial charge >= 0.3 is 0 Å². The highest BCUT2D eigenvalue weighted by Gasteiger charge is 2.03. The van der Waals surface area contributed by atoms with Crippen molar-refractivity contribution >= 4 is 0 Å². The van der Waals surface area contributed by atoms with Crippen LogP contribution in [0.15, 0.2) is 48.5 Å². The van der Waals surface area contributed by atoms with Crippen LogP contribution in [0.3, 0.4) is 0 Å². The molecule has 0 aliphatic rings. The normalized spacial score (nSPS) is 10.7. The number of hydrogen-bond donors (Lipinski definition) is 1. The van der Waals surface area contributed by atoms with E-state index in [0.717, 1.165) is 49.6 Å². The minimum absolute atomic E-state index is 0.231. The van der Waals surface area contributed by atoms with E-state index in [9.17, 15) is 4.39 Å². The fourth-order valence-electron chi connectivity index (χ4n) is 2.20. The van der Waals surface area contributed by atoms with E-state index in [1.54, 1.807) is 12.1 Å². The predicted octanol–water partition coefficient (Wildman–Crippen LogP) is 3.92. The van der Waals surface area contributed by atoms with Crippen LogP contribution in [0.5, 0.6) is 5.75 Å². The molecule has 124 valence electrons. The summed E-state index contributed by atoms with van der Waals surface area (Å²) in [5.41, 5.74) is 2.07. The van der Waals surface area contributed by atoms with Crippen LogP contribution in [0.25, 0.3) is 0 Å². The zero-order valence-electron chi connectivity index (χ0n) is 13.6. The number of nitrogens with one attached hydrogen (secondary N) is 1. The van der Waals surface area contributed by atoms with E-state index in [4.69, 9.17) is 9.47 Å². The first-order valence-electron chi connectivity index (χ1n) is 8.03. The molecule has 0 aliphatic heterocycles. The lowest BCUT2D eigenvalue weighted by atomic mass is 10.2. The van der Waals surface area contributed by atoms with Crippen LogP contribution in [0.4, 0.5) is 4.39 Å². The Labute approximate surface area is 137 Å². The Morgan fingerprint density at radius 2 is 1.83 bits per heavy atom. The minimum atomic E-state index is -0.231. The van der Waals surface area contributed by atoms with Crippen molar-refractivity contribution < 1.29 is 13.9 Å². The number of para-hydroxylation sites is 1. The number of benzene rings is 2. The molecule has 0 spiro atoms. The molecule has 23 heavy (non-hydrogen) atoms. The lowest BCUT2D eigenvalue weighted by Crippen LogP contribution is -2.17. The Kier molecular flexibility index (Phi) is 7.57. The molecule has 2 rings (SSSR count). The van der Waals surface area contributed by atoms with Crippen LogP contribution in [0, 0.1) is 5.82 Å². The first-order valence-corrected chi connectivity index (χ1v) is 8.03. The Morgan fingerprint density at radius 1 is 1.04 bits per heavy atom. The van der Waals surface area contributed by atoms with Gasteiger partial charge in [0.1, 0.15) is 18.2 Å². The molecule has 0 heterocycles. The third kappa shape index (κ3) is 6.38. The number of hydrogen-bond acceptors (Lipinski definition) is 3. The second-order valence-corrected chi connectivity index (χ2v) is 5.25. The molecule has 0 atom stereocenters. The van der Waals surface area contributed by atoms with Crippen molar-refractivity contribution in [1.82, 2.24) is 5.32 Å². The summed E-state index contributed by atoms with van der Waals surface area (Å²) in [6.07, 6.45) is 0.993. The maximum atomic E-state index is 12.9. The van der Waals surface area contributed by atoms with E-state index < -0.39 is 0 Å². The molecule has 0 saturated heterocycles. The predicted molar refractivity (Wildman–Crippen MR) is 90.0 cm³/mol. The second kappa shape index (κ2) is 9.98. The molecule has 0 aromatic heterocycles. The average molecular weight is 317 g/mol. The molecule has 4 heteroatoms. The van der Waals surface area contributed by atoms with Gasteiger partial charge in [0, 0.05) is 25.3 Å². The lowest BCUT2D eigenvalue weighted by molar-refractivity contribution is 0.144. The highest BCUT2D eigenvalue weighted by molar-refractivity contribution is 5.33. The highest BCUT2D eigenvalue weighted by Crippen LogP contribution is 2.19. The van der Waals surface area contributed by atoms with Gasteiger partial charge in [-0.1, -0.05) is 30.3 Å². The average Bonchev–Trinajstić information content (AvgIpc) is 2.58. The Balaban J connectivity index is 1.81. The van der Waals surface area contributed by atoms with Crippen molar-refractivity contribution in [2.75, 3.05) is 19.8 Å². The van der Waals surface area contributed by atoms with Crippen LogP contribution in [-0.4, -0.2) is 19.8 Å². The van der Waals surface area contributed by atoms with Gasteiger partial charge in [-0.05, 0) is 43.7 Å². The van der Waals surface area contributed by atoms with Crippen LogP contribution >= 0.6 is 0 Å². The van der Waals surface area contributed by atoms with Crippen LogP contribution in [-0.2, 0) is 17.9 Å². The van der Waals surface area contributed by atoms with Gasteiger partial charge in [0.25, 0.3) is 0 Å². The van der Waals surface area contributed by atoms with Crippen molar-refractivity contribution in [3.05, 3.63) is 65.5 Å². The summed E-state index contributed by atoms with van der Waals surface area (Å²) in [7, 11) is 0. The summed E-state index contributed by atoms with van der Waals surface area (Å²) in [6.45, 7) is 5.65. The number of halogens is 1. The minimum Gasteiger partial charge on any atom is -0.489 e. The van der Waals surface area contributed by atoms with Crippen LogP contribution in [0.1, 0.15) is 24.5 Å². The summed E-state index contributed by atoms with van der Waals surface area (Å²) >= 11 is 0. The van der Waals surface area contributed by atoms with Crippen molar-refractivity contribution in [2.24, 2.45) is 0 Å². The molecular formula is C19H24FNO2. The smallest absolute Gasteiger partial charge is 0.124 e. The van der Waals surface area contributed by atoms with Gasteiger partial charge in [-0.15, -0.1) is 0 Å². The molecule has 0 aliphatic carbocycles. The van der Waals surface area contributed by atoms with Crippen molar-refractivity contribution in [1.29, 1.82) is 0 Å². The van der Waals surface area contributed by atoms with Crippen molar-refractivity contribution in [3.8, 4) is 5.75 Å². The highest BCUT2D eigenvalue weighted by atomic mass is 19.1. The SMILES string of the molecule is CCOCCCNCc1ccccc1OCc1ccc(F)cc1. The first-order chi connectivity index (χ1) is 11.3. The molecule has 0 unspecified atom stereocenters. The molecule has 0 bridgehead atoms. The van der Waals surface area contributed by atoms with Gasteiger partial charge in [0.05, 0.1) is 0 Å². The van der Waals surface area contributed by atoms with Gasteiger partial charge in [-0.3, -0.25) is 0 Å². The molecule has 0 saturated carbocycles. The monoisotopic (exact) mass is 317 g/mol. The van der Waals surface area contributed by atoms with E-state index in [0.29, 0.717) is 6.61 Å². The van der Waals surface area contributed by atoms with E-state index in [1.165, 1.54) is 12.1 Å². The second-order valence-electron chi connectivity index (χ2n) is 5.25. The summed E-state index contributed by atoms with van der Waals surface area (Å²) in [5.74, 6) is 0.625. The van der Waals surface area contributed by atoms with Gasteiger partial charge in [-0.2, -0.15) is 0 Å². The molecular weight excluding hydrogens is 293 g/mol. The van der Waals surface area contributed by atoms with Crippen LogP contribution in [0.2, 0.25) is 0 Å². The summed E-state index contributed by atoms with van der Waals surface area (Å²) in [6, 6.07) is 14.3. The quantitative estimate of drug-likeness (QED) is 0.674. The molecule has 3 nitrogen and oxygen atoms in total. The third-order valence-corrected chi connectivity index (χ3v) is 3.44. The number of ether oxygens (including phenoxy) is 2. The van der Waals surface area contributed by atoms with Gasteiger partial charge < -0.3 is 14.8 Å². The Hall–Kier alpha value is -1.91. The fraction of sp³-hybridized carbons (Fsp3) is 0.368. The van der Waals surface area contributed by atoms with Gasteiger partial charge in [0.2, 0.25) is 0 Å². The van der Waals surface area contributed by atoms with Crippen molar-refractivity contribution in [2.45, 2.75) is 26.5 Å². The standard InChI is InChI=1S/C19H24FNO2/c1-2-22-13-5-12-21-14-17-6-3-4-7-19(17)23-15-16-8-10-18(20)11-9-16/h3-4,6-11,21H,2,5,12-15H2,1H3. The lowest BCUT2D eigenvalue weighted by Gasteiger charge is -2.12. The number of rotatable bonds is 10. The first kappa shape index (κ1) is 17.4. The van der Waals surface area contributed by atoms with Gasteiger partial charge in [-0.25, -0.2) is 4.39 Å². The summed E-state index contributed by atoms with van der Waals surface area (Å²) < 4.78 is 24.1. The third-order valence-electron chi connectivity index (χ3n) is 3.44. The fourth-order valence-corrected chi connectivity index (χ4v) is 2.20. The van der Waals surface area contributed by atoms with Gasteiger partial charge in [0.15, 0.2) is 0 Å². The zero-order valence-corrected chi connectivity index (χ0v) is 13.6. The summed E-state index contributed by atoms with van der Waals surface area (Å²) in [5, 5.41) is 3.40.